The average Bonchev–Trinajstić information content (AvgIpc) is 1.87. The summed E-state index contributed by atoms with van der Waals surface area (Å²) in [6, 6.07) is 0.707. The summed E-state index contributed by atoms with van der Waals surface area (Å²) in [6.45, 7) is 11.5. The molecular weight excluding hydrogens is 133 g/mol. The summed E-state index contributed by atoms with van der Waals surface area (Å²) in [5.41, 5.74) is 0. The molecule has 2 heteroatoms. The Balaban J connectivity index is 3.52. The molecule has 66 valence electrons. The van der Waals surface area contributed by atoms with E-state index in [9.17, 15) is 0 Å². The van der Waals surface area contributed by atoms with E-state index in [-0.39, 0.29) is 0 Å². The van der Waals surface area contributed by atoms with E-state index in [1.165, 1.54) is 19.5 Å². The van der Waals surface area contributed by atoms with Crippen molar-refractivity contribution in [3.8, 4) is 0 Å². The monoisotopic (exact) mass is 155 g/mol. The van der Waals surface area contributed by atoms with Crippen LogP contribution in [0.25, 0.3) is 0 Å². The minimum atomic E-state index is 0.707. The van der Waals surface area contributed by atoms with Gasteiger partial charge in [0, 0.05) is 6.04 Å². The Morgan fingerprint density at radius 1 is 1.27 bits per heavy atom. The molecule has 0 heterocycles. The Hall–Kier alpha value is 0.0249. The van der Waals surface area contributed by atoms with Crippen molar-refractivity contribution >= 4 is 7.85 Å². The maximum Gasteiger partial charge on any atom is 0.105 e. The van der Waals surface area contributed by atoms with Gasteiger partial charge in [-0.2, -0.15) is 0 Å². The van der Waals surface area contributed by atoms with E-state index in [1.54, 1.807) is 0 Å². The van der Waals surface area contributed by atoms with Gasteiger partial charge < -0.3 is 4.90 Å². The maximum atomic E-state index is 2.51. The minimum Gasteiger partial charge on any atom is -0.301 e. The van der Waals surface area contributed by atoms with Crippen molar-refractivity contribution in [3.63, 3.8) is 0 Å². The van der Waals surface area contributed by atoms with Gasteiger partial charge in [0.1, 0.15) is 7.85 Å². The predicted molar refractivity (Wildman–Crippen MR) is 55.0 cm³/mol. The predicted octanol–water partition coefficient (Wildman–Crippen LogP) is 1.55. The first kappa shape index (κ1) is 11.0. The molecule has 0 rings (SSSR count). The van der Waals surface area contributed by atoms with Crippen LogP contribution in [0.2, 0.25) is 5.82 Å². The molecule has 0 aromatic carbocycles. The highest BCUT2D eigenvalue weighted by Gasteiger charge is 2.06. The summed E-state index contributed by atoms with van der Waals surface area (Å²) in [5, 5.41) is 0. The van der Waals surface area contributed by atoms with E-state index in [0.717, 1.165) is 5.82 Å². The van der Waals surface area contributed by atoms with Crippen LogP contribution in [-0.4, -0.2) is 31.9 Å². The molecule has 0 fully saturated rings. The van der Waals surface area contributed by atoms with Crippen LogP contribution in [0.3, 0.4) is 0 Å². The quantitative estimate of drug-likeness (QED) is 0.544. The molecule has 0 aliphatic carbocycles. The number of nitrogens with zero attached hydrogens (tertiary/aromatic N) is 1. The molecule has 0 aliphatic heterocycles. The fourth-order valence-corrected chi connectivity index (χ4v) is 1.21. The van der Waals surface area contributed by atoms with Crippen LogP contribution >= 0.6 is 0 Å². The second kappa shape index (κ2) is 5.65. The van der Waals surface area contributed by atoms with Gasteiger partial charge in [-0.3, -0.25) is 0 Å². The number of rotatable bonds is 5. The fourth-order valence-electron chi connectivity index (χ4n) is 1.21. The van der Waals surface area contributed by atoms with Crippen LogP contribution in [0.4, 0.5) is 0 Å². The lowest BCUT2D eigenvalue weighted by Gasteiger charge is -2.25. The van der Waals surface area contributed by atoms with Crippen molar-refractivity contribution in [2.24, 2.45) is 0 Å². The van der Waals surface area contributed by atoms with Gasteiger partial charge in [0.25, 0.3) is 0 Å². The van der Waals surface area contributed by atoms with Crippen LogP contribution in [0, 0.1) is 0 Å². The van der Waals surface area contributed by atoms with Crippen molar-refractivity contribution in [1.82, 2.24) is 4.90 Å². The van der Waals surface area contributed by atoms with Gasteiger partial charge in [-0.25, -0.2) is 0 Å². The lowest BCUT2D eigenvalue weighted by molar-refractivity contribution is 0.230. The minimum absolute atomic E-state index is 0.707. The van der Waals surface area contributed by atoms with Gasteiger partial charge >= 0.3 is 0 Å². The SMILES string of the molecule is BC(C)CCN(CC)C(C)C. The van der Waals surface area contributed by atoms with E-state index in [0.29, 0.717) is 6.04 Å². The number of hydrogen-bond acceptors (Lipinski definition) is 1. The molecule has 1 atom stereocenters. The molecule has 0 aromatic rings. The zero-order valence-electron chi connectivity index (χ0n) is 8.72. The van der Waals surface area contributed by atoms with Crippen molar-refractivity contribution in [1.29, 1.82) is 0 Å². The normalized spacial score (nSPS) is 14.4. The summed E-state index contributed by atoms with van der Waals surface area (Å²) in [7, 11) is 2.29. The lowest BCUT2D eigenvalue weighted by atomic mass is 9.86. The fraction of sp³-hybridized carbons (Fsp3) is 1.00. The Kier molecular flexibility index (Phi) is 5.66. The second-order valence-electron chi connectivity index (χ2n) is 3.90. The van der Waals surface area contributed by atoms with Gasteiger partial charge in [-0.1, -0.05) is 19.7 Å². The van der Waals surface area contributed by atoms with E-state index in [2.05, 4.69) is 40.4 Å². The first-order valence-electron chi connectivity index (χ1n) is 4.82. The van der Waals surface area contributed by atoms with Gasteiger partial charge in [0.15, 0.2) is 0 Å². The third-order valence-electron chi connectivity index (χ3n) is 2.13. The maximum absolute atomic E-state index is 2.51. The van der Waals surface area contributed by atoms with Crippen LogP contribution in [-0.2, 0) is 0 Å². The molecule has 11 heavy (non-hydrogen) atoms. The van der Waals surface area contributed by atoms with Crippen molar-refractivity contribution in [2.45, 2.75) is 46.0 Å². The zero-order chi connectivity index (χ0) is 8.85. The first-order chi connectivity index (χ1) is 5.07. The molecule has 0 radical (unpaired) electrons. The van der Waals surface area contributed by atoms with Gasteiger partial charge in [-0.15, -0.1) is 0 Å². The molecule has 0 aliphatic rings. The molecule has 0 saturated carbocycles. The summed E-state index contributed by atoms with van der Waals surface area (Å²) in [4.78, 5) is 2.51. The second-order valence-corrected chi connectivity index (χ2v) is 3.90. The Morgan fingerprint density at radius 3 is 2.09 bits per heavy atom. The van der Waals surface area contributed by atoms with Gasteiger partial charge in [-0.05, 0) is 33.4 Å². The largest absolute Gasteiger partial charge is 0.301 e. The molecule has 0 N–H and O–H groups in total. The van der Waals surface area contributed by atoms with Crippen LogP contribution in [0.1, 0.15) is 34.1 Å². The molecule has 0 saturated heterocycles. The Bertz CT molecular complexity index is 91.6. The van der Waals surface area contributed by atoms with E-state index in [4.69, 9.17) is 0 Å². The molecule has 0 bridgehead atoms. The van der Waals surface area contributed by atoms with Crippen molar-refractivity contribution in [2.75, 3.05) is 13.1 Å². The van der Waals surface area contributed by atoms with Crippen LogP contribution < -0.4 is 0 Å². The third-order valence-corrected chi connectivity index (χ3v) is 2.13. The molecular formula is C9H22BN. The average molecular weight is 155 g/mol. The molecule has 0 spiro atoms. The van der Waals surface area contributed by atoms with Crippen LogP contribution in [0.15, 0.2) is 0 Å². The molecule has 1 unspecified atom stereocenters. The smallest absolute Gasteiger partial charge is 0.105 e. The highest BCUT2D eigenvalue weighted by molar-refractivity contribution is 6.11. The van der Waals surface area contributed by atoms with Crippen LogP contribution in [0.5, 0.6) is 0 Å². The highest BCUT2D eigenvalue weighted by Crippen LogP contribution is 2.06. The highest BCUT2D eigenvalue weighted by atomic mass is 15.1. The van der Waals surface area contributed by atoms with E-state index in [1.807, 2.05) is 0 Å². The summed E-state index contributed by atoms with van der Waals surface area (Å²) in [6.07, 6.45) is 1.33. The third kappa shape index (κ3) is 5.31. The summed E-state index contributed by atoms with van der Waals surface area (Å²) < 4.78 is 0. The Morgan fingerprint density at radius 2 is 1.82 bits per heavy atom. The van der Waals surface area contributed by atoms with E-state index < -0.39 is 0 Å². The molecule has 0 amide bonds. The summed E-state index contributed by atoms with van der Waals surface area (Å²) >= 11 is 0. The lowest BCUT2D eigenvalue weighted by Crippen LogP contribution is -2.31. The molecule has 1 nitrogen and oxygen atoms in total. The topological polar surface area (TPSA) is 3.24 Å². The standard InChI is InChI=1S/C9H22BN/c1-5-11(8(2)3)7-6-9(4)10/h8-9H,5-7,10H2,1-4H3. The summed E-state index contributed by atoms with van der Waals surface area (Å²) in [5.74, 6) is 0.836. The molecule has 0 aromatic heterocycles. The first-order valence-corrected chi connectivity index (χ1v) is 4.82. The Labute approximate surface area is 72.6 Å². The van der Waals surface area contributed by atoms with Gasteiger partial charge in [0.2, 0.25) is 0 Å². The van der Waals surface area contributed by atoms with Crippen molar-refractivity contribution < 1.29 is 0 Å². The van der Waals surface area contributed by atoms with Crippen molar-refractivity contribution in [3.05, 3.63) is 0 Å². The van der Waals surface area contributed by atoms with E-state index >= 15 is 0 Å². The number of hydrogen-bond donors (Lipinski definition) is 0. The zero-order valence-corrected chi connectivity index (χ0v) is 8.72. The van der Waals surface area contributed by atoms with Gasteiger partial charge in [0.05, 0.1) is 0 Å².